The van der Waals surface area contributed by atoms with Crippen molar-refractivity contribution in [2.75, 3.05) is 25.7 Å². The molecule has 0 aliphatic heterocycles. The SMILES string of the molecule is COc1ccc(CN[C@@H](CSSC[C@H](NCc2ccc(OC)cc2)C(=O)O)C(=O)O)cc1. The molecule has 0 spiro atoms. The van der Waals surface area contributed by atoms with Gasteiger partial charge >= 0.3 is 11.9 Å². The van der Waals surface area contributed by atoms with Gasteiger partial charge in [0.1, 0.15) is 23.6 Å². The molecule has 2 atom stereocenters. The Hall–Kier alpha value is -2.40. The third-order valence-corrected chi connectivity index (χ3v) is 6.99. The van der Waals surface area contributed by atoms with Crippen molar-refractivity contribution in [3.8, 4) is 11.5 Å². The van der Waals surface area contributed by atoms with E-state index in [1.54, 1.807) is 14.2 Å². The fourth-order valence-corrected chi connectivity index (χ4v) is 5.02. The zero-order valence-corrected chi connectivity index (χ0v) is 19.6. The molecule has 0 saturated heterocycles. The van der Waals surface area contributed by atoms with E-state index < -0.39 is 24.0 Å². The van der Waals surface area contributed by atoms with Gasteiger partial charge in [0.2, 0.25) is 0 Å². The highest BCUT2D eigenvalue weighted by molar-refractivity contribution is 8.76. The Kier molecular flexibility index (Phi) is 11.2. The summed E-state index contributed by atoms with van der Waals surface area (Å²) in [5.74, 6) is 0.202. The van der Waals surface area contributed by atoms with Gasteiger partial charge in [-0.2, -0.15) is 0 Å². The summed E-state index contributed by atoms with van der Waals surface area (Å²) < 4.78 is 10.2. The number of carbonyl (C=O) groups is 2. The van der Waals surface area contributed by atoms with Gasteiger partial charge in [0.05, 0.1) is 14.2 Å². The first kappa shape index (κ1) is 25.9. The average Bonchev–Trinajstić information content (AvgIpc) is 2.80. The number of rotatable bonds is 15. The van der Waals surface area contributed by atoms with Crippen LogP contribution in [-0.4, -0.2) is 60.0 Å². The molecular formula is C22H28N2O6S2. The standard InChI is InChI=1S/C22H28N2O6S2/c1-29-17-7-3-15(4-8-17)11-23-19(21(25)26)13-31-32-14-20(22(27)28)24-12-16-5-9-18(30-2)10-6-16/h3-10,19-20,23-24H,11-14H2,1-2H3,(H,25,26)(H,27,28)/t19-,20-/m0/s1. The number of hydrogen-bond acceptors (Lipinski definition) is 8. The number of nitrogens with one attached hydrogen (secondary N) is 2. The zero-order valence-electron chi connectivity index (χ0n) is 17.9. The second-order valence-corrected chi connectivity index (χ2v) is 9.36. The molecule has 0 radical (unpaired) electrons. The van der Waals surface area contributed by atoms with Gasteiger partial charge in [-0.1, -0.05) is 45.9 Å². The maximum atomic E-state index is 11.5. The Morgan fingerprint density at radius 2 is 1.09 bits per heavy atom. The molecule has 0 aliphatic carbocycles. The molecule has 8 nitrogen and oxygen atoms in total. The van der Waals surface area contributed by atoms with Gasteiger partial charge in [0.15, 0.2) is 0 Å². The Bertz CT molecular complexity index is 777. The molecule has 2 aromatic rings. The van der Waals surface area contributed by atoms with E-state index >= 15 is 0 Å². The molecule has 2 aromatic carbocycles. The van der Waals surface area contributed by atoms with Gasteiger partial charge in [-0.3, -0.25) is 20.2 Å². The van der Waals surface area contributed by atoms with Crippen LogP contribution in [-0.2, 0) is 22.7 Å². The van der Waals surface area contributed by atoms with E-state index in [1.165, 1.54) is 21.6 Å². The first-order valence-corrected chi connectivity index (χ1v) is 12.3. The van der Waals surface area contributed by atoms with Gasteiger partial charge in [-0.15, -0.1) is 0 Å². The van der Waals surface area contributed by atoms with Crippen molar-refractivity contribution in [3.05, 3.63) is 59.7 Å². The third kappa shape index (κ3) is 8.99. The van der Waals surface area contributed by atoms with Crippen LogP contribution in [0.2, 0.25) is 0 Å². The van der Waals surface area contributed by atoms with Crippen LogP contribution in [0.15, 0.2) is 48.5 Å². The minimum Gasteiger partial charge on any atom is -0.497 e. The van der Waals surface area contributed by atoms with E-state index in [9.17, 15) is 19.8 Å². The Morgan fingerprint density at radius 1 is 0.750 bits per heavy atom. The molecule has 32 heavy (non-hydrogen) atoms. The molecule has 2 rings (SSSR count). The molecule has 4 N–H and O–H groups in total. The number of ether oxygens (including phenoxy) is 2. The van der Waals surface area contributed by atoms with Crippen molar-refractivity contribution < 1.29 is 29.3 Å². The largest absolute Gasteiger partial charge is 0.497 e. The van der Waals surface area contributed by atoms with Crippen LogP contribution >= 0.6 is 21.6 Å². The van der Waals surface area contributed by atoms with Gasteiger partial charge in [0, 0.05) is 24.6 Å². The van der Waals surface area contributed by atoms with Gasteiger partial charge < -0.3 is 19.7 Å². The number of aliphatic carboxylic acids is 2. The molecule has 0 aromatic heterocycles. The topological polar surface area (TPSA) is 117 Å². The molecule has 0 aliphatic rings. The molecule has 0 amide bonds. The number of carboxylic acid groups (broad SMARTS) is 2. The summed E-state index contributed by atoms with van der Waals surface area (Å²) in [6.45, 7) is 0.820. The van der Waals surface area contributed by atoms with E-state index in [2.05, 4.69) is 10.6 Å². The molecular weight excluding hydrogens is 452 g/mol. The summed E-state index contributed by atoms with van der Waals surface area (Å²) in [4.78, 5) is 23.1. The van der Waals surface area contributed by atoms with Crippen molar-refractivity contribution in [2.45, 2.75) is 25.2 Å². The van der Waals surface area contributed by atoms with E-state index in [-0.39, 0.29) is 0 Å². The lowest BCUT2D eigenvalue weighted by molar-refractivity contribution is -0.139. The van der Waals surface area contributed by atoms with Crippen molar-refractivity contribution >= 4 is 33.5 Å². The van der Waals surface area contributed by atoms with E-state index in [0.29, 0.717) is 24.6 Å². The maximum Gasteiger partial charge on any atom is 0.321 e. The van der Waals surface area contributed by atoms with Crippen LogP contribution in [0.5, 0.6) is 11.5 Å². The molecule has 0 heterocycles. The van der Waals surface area contributed by atoms with Gasteiger partial charge in [-0.25, -0.2) is 0 Å². The zero-order chi connectivity index (χ0) is 23.3. The molecule has 174 valence electrons. The molecule has 0 saturated carbocycles. The predicted octanol–water partition coefficient (Wildman–Crippen LogP) is 2.87. The van der Waals surface area contributed by atoms with Gasteiger partial charge in [-0.05, 0) is 35.4 Å². The summed E-state index contributed by atoms with van der Waals surface area (Å²) in [5.41, 5.74) is 1.90. The lowest BCUT2D eigenvalue weighted by Crippen LogP contribution is -2.39. The highest BCUT2D eigenvalue weighted by Crippen LogP contribution is 2.23. The minimum absolute atomic E-state index is 0.307. The second kappa shape index (κ2) is 13.9. The van der Waals surface area contributed by atoms with Crippen molar-refractivity contribution in [1.82, 2.24) is 10.6 Å². The third-order valence-electron chi connectivity index (χ3n) is 4.57. The normalized spacial score (nSPS) is 12.7. The Balaban J connectivity index is 1.74. The number of benzene rings is 2. The first-order valence-electron chi connectivity index (χ1n) is 9.85. The number of hydrogen-bond donors (Lipinski definition) is 4. The summed E-state index contributed by atoms with van der Waals surface area (Å²) in [6, 6.07) is 13.3. The summed E-state index contributed by atoms with van der Waals surface area (Å²) in [5, 5.41) is 25.0. The van der Waals surface area contributed by atoms with Crippen LogP contribution < -0.4 is 20.1 Å². The lowest BCUT2D eigenvalue weighted by Gasteiger charge is -2.16. The predicted molar refractivity (Wildman–Crippen MR) is 127 cm³/mol. The van der Waals surface area contributed by atoms with Crippen LogP contribution in [0.25, 0.3) is 0 Å². The smallest absolute Gasteiger partial charge is 0.321 e. The quantitative estimate of drug-likeness (QED) is 0.224. The minimum atomic E-state index is -0.945. The fraction of sp³-hybridized carbons (Fsp3) is 0.364. The fourth-order valence-electron chi connectivity index (χ4n) is 2.64. The lowest BCUT2D eigenvalue weighted by atomic mass is 10.2. The Morgan fingerprint density at radius 3 is 1.38 bits per heavy atom. The van der Waals surface area contributed by atoms with Crippen LogP contribution in [0.3, 0.4) is 0 Å². The number of carboxylic acids is 2. The summed E-state index contributed by atoms with van der Waals surface area (Å²) in [7, 11) is 5.85. The van der Waals surface area contributed by atoms with Crippen LogP contribution in [0.1, 0.15) is 11.1 Å². The molecule has 10 heteroatoms. The molecule has 0 bridgehead atoms. The summed E-state index contributed by atoms with van der Waals surface area (Å²) >= 11 is 0. The maximum absolute atomic E-state index is 11.5. The van der Waals surface area contributed by atoms with E-state index in [1.807, 2.05) is 48.5 Å². The molecule has 0 fully saturated rings. The monoisotopic (exact) mass is 480 g/mol. The second-order valence-electron chi connectivity index (χ2n) is 6.81. The summed E-state index contributed by atoms with van der Waals surface area (Å²) in [6.07, 6.45) is 0. The van der Waals surface area contributed by atoms with Crippen LogP contribution in [0, 0.1) is 0 Å². The highest BCUT2D eigenvalue weighted by atomic mass is 33.1. The Labute approximate surface area is 195 Å². The van der Waals surface area contributed by atoms with Gasteiger partial charge in [0.25, 0.3) is 0 Å². The van der Waals surface area contributed by atoms with E-state index in [0.717, 1.165) is 22.6 Å². The average molecular weight is 481 g/mol. The van der Waals surface area contributed by atoms with Crippen molar-refractivity contribution in [2.24, 2.45) is 0 Å². The number of methoxy groups -OCH3 is 2. The van der Waals surface area contributed by atoms with E-state index in [4.69, 9.17) is 9.47 Å². The van der Waals surface area contributed by atoms with Crippen molar-refractivity contribution in [1.29, 1.82) is 0 Å². The van der Waals surface area contributed by atoms with Crippen LogP contribution in [0.4, 0.5) is 0 Å². The van der Waals surface area contributed by atoms with Crippen molar-refractivity contribution in [3.63, 3.8) is 0 Å². The molecule has 0 unspecified atom stereocenters. The first-order chi connectivity index (χ1) is 15.4. The highest BCUT2D eigenvalue weighted by Gasteiger charge is 2.20.